The van der Waals surface area contributed by atoms with Gasteiger partial charge in [-0.15, -0.1) is 0 Å². The summed E-state index contributed by atoms with van der Waals surface area (Å²) in [6.07, 6.45) is 3.94. The molecule has 0 aromatic heterocycles. The number of alkyl halides is 1. The van der Waals surface area contributed by atoms with Gasteiger partial charge in [-0.25, -0.2) is 0 Å². The topological polar surface area (TPSA) is 32.3 Å². The van der Waals surface area contributed by atoms with Gasteiger partial charge in [0.1, 0.15) is 0 Å². The van der Waals surface area contributed by atoms with Gasteiger partial charge in [-0.3, -0.25) is 9.18 Å². The van der Waals surface area contributed by atoms with E-state index in [0.717, 1.165) is 25.9 Å². The van der Waals surface area contributed by atoms with Crippen LogP contribution in [0.3, 0.4) is 0 Å². The van der Waals surface area contributed by atoms with Crippen LogP contribution in [-0.4, -0.2) is 43.2 Å². The van der Waals surface area contributed by atoms with Crippen LogP contribution in [0.15, 0.2) is 0 Å². The summed E-state index contributed by atoms with van der Waals surface area (Å²) < 4.78 is 11.9. The second-order valence-electron chi connectivity index (χ2n) is 4.10. The molecule has 88 valence electrons. The molecule has 0 aromatic carbocycles. The molecule has 0 aromatic rings. The molecular weight excluding hydrogens is 195 g/mol. The zero-order chi connectivity index (χ0) is 11.1. The van der Waals surface area contributed by atoms with Crippen molar-refractivity contribution in [2.75, 3.05) is 26.3 Å². The molecule has 4 heteroatoms. The molecular formula is C11H21FN2O. The Morgan fingerprint density at radius 3 is 2.67 bits per heavy atom. The summed E-state index contributed by atoms with van der Waals surface area (Å²) in [6.45, 7) is 3.88. The lowest BCUT2D eigenvalue weighted by atomic mass is 10.1. The fraction of sp³-hybridized carbons (Fsp3) is 0.909. The molecule has 0 radical (unpaired) electrons. The van der Waals surface area contributed by atoms with Crippen molar-refractivity contribution in [1.82, 2.24) is 10.2 Å². The van der Waals surface area contributed by atoms with Crippen LogP contribution >= 0.6 is 0 Å². The van der Waals surface area contributed by atoms with Crippen LogP contribution in [0.4, 0.5) is 4.39 Å². The Kier molecular flexibility index (Phi) is 5.61. The van der Waals surface area contributed by atoms with Crippen LogP contribution in [0.25, 0.3) is 0 Å². The molecule has 1 rings (SSSR count). The van der Waals surface area contributed by atoms with E-state index in [9.17, 15) is 9.18 Å². The molecule has 0 aliphatic carbocycles. The molecule has 1 atom stereocenters. The molecule has 0 bridgehead atoms. The van der Waals surface area contributed by atoms with Gasteiger partial charge in [0, 0.05) is 13.1 Å². The number of carbonyl (C=O) groups is 1. The van der Waals surface area contributed by atoms with Crippen molar-refractivity contribution in [3.05, 3.63) is 0 Å². The van der Waals surface area contributed by atoms with Crippen LogP contribution in [0.1, 0.15) is 32.6 Å². The van der Waals surface area contributed by atoms with Crippen molar-refractivity contribution in [3.8, 4) is 0 Å². The largest absolute Gasteiger partial charge is 0.341 e. The van der Waals surface area contributed by atoms with Gasteiger partial charge in [-0.05, 0) is 39.2 Å². The lowest BCUT2D eigenvalue weighted by molar-refractivity contribution is -0.133. The normalized spacial score (nSPS) is 18.9. The van der Waals surface area contributed by atoms with Gasteiger partial charge in [-0.1, -0.05) is 0 Å². The number of carbonyl (C=O) groups excluding carboxylic acids is 1. The fourth-order valence-electron chi connectivity index (χ4n) is 1.86. The molecule has 1 fully saturated rings. The minimum absolute atomic E-state index is 0.161. The van der Waals surface area contributed by atoms with Crippen molar-refractivity contribution in [2.24, 2.45) is 0 Å². The van der Waals surface area contributed by atoms with Gasteiger partial charge in [0.2, 0.25) is 5.91 Å². The third kappa shape index (κ3) is 4.16. The van der Waals surface area contributed by atoms with Gasteiger partial charge >= 0.3 is 0 Å². The molecule has 1 amide bonds. The number of rotatable bonds is 5. The van der Waals surface area contributed by atoms with E-state index in [4.69, 9.17) is 0 Å². The number of halogens is 1. The predicted octanol–water partition coefficient (Wildman–Crippen LogP) is 1.34. The second kappa shape index (κ2) is 6.77. The van der Waals surface area contributed by atoms with Crippen molar-refractivity contribution < 1.29 is 9.18 Å². The van der Waals surface area contributed by atoms with Crippen molar-refractivity contribution in [1.29, 1.82) is 0 Å². The zero-order valence-corrected chi connectivity index (χ0v) is 9.47. The summed E-state index contributed by atoms with van der Waals surface area (Å²) in [5, 5.41) is 3.05. The summed E-state index contributed by atoms with van der Waals surface area (Å²) in [5.74, 6) is 0.161. The highest BCUT2D eigenvalue weighted by molar-refractivity contribution is 5.81. The Morgan fingerprint density at radius 1 is 1.40 bits per heavy atom. The monoisotopic (exact) mass is 216 g/mol. The average Bonchev–Trinajstić information content (AvgIpc) is 2.29. The third-order valence-corrected chi connectivity index (χ3v) is 2.80. The van der Waals surface area contributed by atoms with E-state index >= 15 is 0 Å². The summed E-state index contributed by atoms with van der Waals surface area (Å²) >= 11 is 0. The maximum Gasteiger partial charge on any atom is 0.239 e. The first-order chi connectivity index (χ1) is 7.25. The van der Waals surface area contributed by atoms with E-state index in [2.05, 4.69) is 5.32 Å². The molecule has 0 spiro atoms. The maximum absolute atomic E-state index is 11.9. The standard InChI is InChI=1S/C11H21FN2O/c1-10(13-7-5-6-12)11(15)14-8-3-2-4-9-14/h10,13H,2-9H2,1H3. The molecule has 15 heavy (non-hydrogen) atoms. The highest BCUT2D eigenvalue weighted by Crippen LogP contribution is 2.09. The van der Waals surface area contributed by atoms with E-state index in [1.165, 1.54) is 6.42 Å². The zero-order valence-electron chi connectivity index (χ0n) is 9.47. The number of nitrogens with zero attached hydrogens (tertiary/aromatic N) is 1. The minimum Gasteiger partial charge on any atom is -0.341 e. The second-order valence-corrected chi connectivity index (χ2v) is 4.10. The van der Waals surface area contributed by atoms with E-state index in [1.807, 2.05) is 11.8 Å². The minimum atomic E-state index is -0.322. The van der Waals surface area contributed by atoms with E-state index < -0.39 is 0 Å². The smallest absolute Gasteiger partial charge is 0.239 e. The molecule has 3 nitrogen and oxygen atoms in total. The number of piperidine rings is 1. The lowest BCUT2D eigenvalue weighted by Crippen LogP contribution is -2.47. The van der Waals surface area contributed by atoms with Crippen molar-refractivity contribution in [3.63, 3.8) is 0 Å². The van der Waals surface area contributed by atoms with Gasteiger partial charge < -0.3 is 10.2 Å². The van der Waals surface area contributed by atoms with Crippen molar-refractivity contribution >= 4 is 5.91 Å². The van der Waals surface area contributed by atoms with Gasteiger partial charge in [0.25, 0.3) is 0 Å². The SMILES string of the molecule is CC(NCCCF)C(=O)N1CCCCC1. The van der Waals surface area contributed by atoms with Crippen LogP contribution in [-0.2, 0) is 4.79 Å². The first kappa shape index (κ1) is 12.4. The number of amides is 1. The summed E-state index contributed by atoms with van der Waals surface area (Å²) in [5.41, 5.74) is 0. The summed E-state index contributed by atoms with van der Waals surface area (Å²) in [7, 11) is 0. The first-order valence-electron chi connectivity index (χ1n) is 5.84. The van der Waals surface area contributed by atoms with E-state index in [1.54, 1.807) is 0 Å². The van der Waals surface area contributed by atoms with Crippen LogP contribution in [0.5, 0.6) is 0 Å². The van der Waals surface area contributed by atoms with Crippen LogP contribution in [0, 0.1) is 0 Å². The highest BCUT2D eigenvalue weighted by Gasteiger charge is 2.21. The highest BCUT2D eigenvalue weighted by atomic mass is 19.1. The fourth-order valence-corrected chi connectivity index (χ4v) is 1.86. The van der Waals surface area contributed by atoms with Gasteiger partial charge in [0.15, 0.2) is 0 Å². The molecule has 1 aliphatic heterocycles. The third-order valence-electron chi connectivity index (χ3n) is 2.80. The molecule has 1 heterocycles. The Labute approximate surface area is 91.0 Å². The lowest BCUT2D eigenvalue weighted by Gasteiger charge is -2.29. The Hall–Kier alpha value is -0.640. The predicted molar refractivity (Wildman–Crippen MR) is 58.5 cm³/mol. The molecule has 1 saturated heterocycles. The molecule has 1 unspecified atom stereocenters. The first-order valence-corrected chi connectivity index (χ1v) is 5.84. The summed E-state index contributed by atoms with van der Waals surface area (Å²) in [6, 6.07) is -0.172. The summed E-state index contributed by atoms with van der Waals surface area (Å²) in [4.78, 5) is 13.8. The Bertz CT molecular complexity index is 193. The average molecular weight is 216 g/mol. The van der Waals surface area contributed by atoms with Crippen LogP contribution in [0.2, 0.25) is 0 Å². The molecule has 0 saturated carbocycles. The number of nitrogens with one attached hydrogen (secondary N) is 1. The maximum atomic E-state index is 11.9. The van der Waals surface area contributed by atoms with Gasteiger partial charge in [0.05, 0.1) is 12.7 Å². The Morgan fingerprint density at radius 2 is 2.07 bits per heavy atom. The van der Waals surface area contributed by atoms with E-state index in [0.29, 0.717) is 13.0 Å². The van der Waals surface area contributed by atoms with Gasteiger partial charge in [-0.2, -0.15) is 0 Å². The Balaban J connectivity index is 2.24. The quantitative estimate of drug-likeness (QED) is 0.703. The van der Waals surface area contributed by atoms with Crippen LogP contribution < -0.4 is 5.32 Å². The van der Waals surface area contributed by atoms with E-state index in [-0.39, 0.29) is 18.6 Å². The molecule has 1 aliphatic rings. The number of hydrogen-bond donors (Lipinski definition) is 1. The molecule has 1 N–H and O–H groups in total. The number of hydrogen-bond acceptors (Lipinski definition) is 2. The van der Waals surface area contributed by atoms with Crippen molar-refractivity contribution in [2.45, 2.75) is 38.6 Å². The number of likely N-dealkylation sites (tertiary alicyclic amines) is 1.